The Balaban J connectivity index is 0.000000384. The van der Waals surface area contributed by atoms with E-state index in [9.17, 15) is 18.0 Å². The monoisotopic (exact) mass is 506 g/mol. The summed E-state index contributed by atoms with van der Waals surface area (Å²) in [5.41, 5.74) is 2.33. The second-order valence-corrected chi connectivity index (χ2v) is 8.79. The van der Waals surface area contributed by atoms with E-state index in [1.54, 1.807) is 18.7 Å². The number of likely N-dealkylation sites (tertiary alicyclic amines) is 1. The molecular formula is C23H25F3N6O4. The summed E-state index contributed by atoms with van der Waals surface area (Å²) in [5.74, 6) is -1.97. The number of nitrogens with one attached hydrogen (secondary N) is 1. The number of amides is 1. The Morgan fingerprint density at radius 3 is 2.58 bits per heavy atom. The number of alkyl halides is 3. The number of carbonyl (C=O) groups is 2. The van der Waals surface area contributed by atoms with Gasteiger partial charge in [0.15, 0.2) is 0 Å². The summed E-state index contributed by atoms with van der Waals surface area (Å²) in [6.45, 7) is 4.29. The molecule has 4 heterocycles. The number of ether oxygens (including phenoxy) is 1. The van der Waals surface area contributed by atoms with Gasteiger partial charge in [0.25, 0.3) is 5.91 Å². The molecule has 1 spiro atoms. The Labute approximate surface area is 204 Å². The summed E-state index contributed by atoms with van der Waals surface area (Å²) in [6.07, 6.45) is 2.09. The van der Waals surface area contributed by atoms with Crippen LogP contribution in [-0.4, -0.2) is 87.4 Å². The molecule has 0 aliphatic carbocycles. The molecule has 2 N–H and O–H groups in total. The maximum atomic E-state index is 13.2. The number of aromatic amines is 1. The number of anilines is 1. The summed E-state index contributed by atoms with van der Waals surface area (Å²) in [7, 11) is 0. The Morgan fingerprint density at radius 1 is 1.11 bits per heavy atom. The highest BCUT2D eigenvalue weighted by atomic mass is 19.4. The van der Waals surface area contributed by atoms with E-state index in [1.807, 2.05) is 29.2 Å². The quantitative estimate of drug-likeness (QED) is 0.544. The first-order chi connectivity index (χ1) is 17.2. The summed E-state index contributed by atoms with van der Waals surface area (Å²) in [5, 5.41) is 7.12. The molecule has 5 rings (SSSR count). The molecule has 1 aromatic carbocycles. The molecule has 2 aliphatic rings. The van der Waals surface area contributed by atoms with Crippen molar-refractivity contribution in [2.75, 3.05) is 44.3 Å². The predicted octanol–water partition coefficient (Wildman–Crippen LogP) is 2.75. The molecule has 0 saturated carbocycles. The van der Waals surface area contributed by atoms with Gasteiger partial charge in [-0.2, -0.15) is 13.2 Å². The van der Waals surface area contributed by atoms with Gasteiger partial charge in [0.1, 0.15) is 0 Å². The van der Waals surface area contributed by atoms with E-state index >= 15 is 0 Å². The molecule has 0 bridgehead atoms. The van der Waals surface area contributed by atoms with Crippen LogP contribution in [0.5, 0.6) is 0 Å². The zero-order valence-corrected chi connectivity index (χ0v) is 19.2. The number of fused-ring (bicyclic) bond motifs is 1. The highest BCUT2D eigenvalue weighted by Crippen LogP contribution is 2.34. The fourth-order valence-corrected chi connectivity index (χ4v) is 4.50. The van der Waals surface area contributed by atoms with Crippen molar-refractivity contribution in [3.63, 3.8) is 0 Å². The lowest BCUT2D eigenvalue weighted by molar-refractivity contribution is -0.192. The van der Waals surface area contributed by atoms with Crippen LogP contribution in [0.2, 0.25) is 0 Å². The van der Waals surface area contributed by atoms with Crippen molar-refractivity contribution in [2.24, 2.45) is 5.41 Å². The third-order valence-corrected chi connectivity index (χ3v) is 6.13. The van der Waals surface area contributed by atoms with Crippen LogP contribution in [0.15, 0.2) is 43.0 Å². The second kappa shape index (κ2) is 10.5. The number of nitrogens with zero attached hydrogens (tertiary/aromatic N) is 5. The van der Waals surface area contributed by atoms with Crippen molar-refractivity contribution in [3.05, 3.63) is 48.5 Å². The number of carbonyl (C=O) groups excluding carboxylic acids is 1. The Bertz CT molecular complexity index is 1210. The zero-order valence-electron chi connectivity index (χ0n) is 19.2. The van der Waals surface area contributed by atoms with Gasteiger partial charge < -0.3 is 24.6 Å². The standard InChI is InChI=1S/C21H24N6O2.C2HF3O2/c28-19(16-3-4-17-18(11-16)25-15-24-17)26-8-1-5-21(12-26)13-27(9-10-29-14-21)20-22-6-2-7-23-20;3-2(4,5)1(6)7/h2-4,6-7,11,15H,1,5,8-10,12-14H2,(H,24,25);(H,6,7). The maximum absolute atomic E-state index is 13.2. The topological polar surface area (TPSA) is 125 Å². The van der Waals surface area contributed by atoms with Crippen LogP contribution in [0.25, 0.3) is 11.0 Å². The largest absolute Gasteiger partial charge is 0.490 e. The fraction of sp³-hybridized carbons (Fsp3) is 0.435. The third kappa shape index (κ3) is 5.90. The van der Waals surface area contributed by atoms with E-state index in [0.29, 0.717) is 25.3 Å². The first kappa shape index (κ1) is 25.4. The van der Waals surface area contributed by atoms with Crippen LogP contribution in [0.1, 0.15) is 23.2 Å². The summed E-state index contributed by atoms with van der Waals surface area (Å²) < 4.78 is 37.7. The van der Waals surface area contributed by atoms with Crippen molar-refractivity contribution in [1.82, 2.24) is 24.8 Å². The molecule has 2 aromatic heterocycles. The maximum Gasteiger partial charge on any atom is 0.490 e. The number of carboxylic acids is 1. The van der Waals surface area contributed by atoms with Crippen LogP contribution in [0.3, 0.4) is 0 Å². The van der Waals surface area contributed by atoms with E-state index in [-0.39, 0.29) is 11.3 Å². The number of rotatable bonds is 2. The zero-order chi connectivity index (χ0) is 25.8. The SMILES string of the molecule is O=C(O)C(F)(F)F.O=C(c1ccc2nc[nH]c2c1)N1CCCC2(COCCN(c3ncccn3)C2)C1. The molecule has 2 saturated heterocycles. The van der Waals surface area contributed by atoms with Gasteiger partial charge in [-0.3, -0.25) is 4.79 Å². The molecule has 1 amide bonds. The van der Waals surface area contributed by atoms with E-state index in [4.69, 9.17) is 14.6 Å². The molecule has 2 aliphatic heterocycles. The Kier molecular flexibility index (Phi) is 7.38. The number of aliphatic carboxylic acids is 1. The van der Waals surface area contributed by atoms with Crippen LogP contribution in [-0.2, 0) is 9.53 Å². The number of H-pyrrole nitrogens is 1. The molecule has 3 aromatic rings. The molecule has 13 heteroatoms. The highest BCUT2D eigenvalue weighted by Gasteiger charge is 2.41. The van der Waals surface area contributed by atoms with E-state index < -0.39 is 12.1 Å². The Hall–Kier alpha value is -3.74. The lowest BCUT2D eigenvalue weighted by atomic mass is 9.80. The van der Waals surface area contributed by atoms with Gasteiger partial charge in [0.2, 0.25) is 5.95 Å². The van der Waals surface area contributed by atoms with Crippen molar-refractivity contribution < 1.29 is 32.6 Å². The van der Waals surface area contributed by atoms with Crippen LogP contribution in [0, 0.1) is 5.41 Å². The van der Waals surface area contributed by atoms with Gasteiger partial charge in [-0.15, -0.1) is 0 Å². The average Bonchev–Trinajstić information content (AvgIpc) is 3.25. The van der Waals surface area contributed by atoms with Gasteiger partial charge in [-0.05, 0) is 37.1 Å². The number of piperidine rings is 1. The number of imidazole rings is 1. The van der Waals surface area contributed by atoms with Crippen LogP contribution < -0.4 is 4.90 Å². The van der Waals surface area contributed by atoms with E-state index in [0.717, 1.165) is 49.5 Å². The normalized spacial score (nSPS) is 20.5. The molecule has 0 radical (unpaired) electrons. The van der Waals surface area contributed by atoms with Crippen molar-refractivity contribution >= 4 is 28.9 Å². The lowest BCUT2D eigenvalue weighted by Crippen LogP contribution is -2.52. The highest BCUT2D eigenvalue weighted by molar-refractivity contribution is 5.97. The number of hydrogen-bond donors (Lipinski definition) is 2. The minimum atomic E-state index is -5.08. The minimum Gasteiger partial charge on any atom is -0.475 e. The third-order valence-electron chi connectivity index (χ3n) is 6.13. The smallest absolute Gasteiger partial charge is 0.475 e. The van der Waals surface area contributed by atoms with E-state index in [1.165, 1.54) is 0 Å². The molecule has 10 nitrogen and oxygen atoms in total. The number of hydrogen-bond acceptors (Lipinski definition) is 7. The number of carboxylic acid groups (broad SMARTS) is 1. The second-order valence-electron chi connectivity index (χ2n) is 8.79. The van der Waals surface area contributed by atoms with Crippen LogP contribution in [0.4, 0.5) is 19.1 Å². The first-order valence-electron chi connectivity index (χ1n) is 11.3. The van der Waals surface area contributed by atoms with Crippen LogP contribution >= 0.6 is 0 Å². The molecule has 1 unspecified atom stereocenters. The molecular weight excluding hydrogens is 481 g/mol. The number of benzene rings is 1. The van der Waals surface area contributed by atoms with Crippen molar-refractivity contribution in [2.45, 2.75) is 19.0 Å². The summed E-state index contributed by atoms with van der Waals surface area (Å²) >= 11 is 0. The molecule has 192 valence electrons. The fourth-order valence-electron chi connectivity index (χ4n) is 4.50. The number of aromatic nitrogens is 4. The molecule has 36 heavy (non-hydrogen) atoms. The summed E-state index contributed by atoms with van der Waals surface area (Å²) in [4.78, 5) is 42.5. The van der Waals surface area contributed by atoms with Gasteiger partial charge in [0, 0.05) is 49.6 Å². The van der Waals surface area contributed by atoms with Gasteiger partial charge in [0.05, 0.1) is 30.6 Å². The molecule has 2 fully saturated rings. The lowest BCUT2D eigenvalue weighted by Gasteiger charge is -2.43. The minimum absolute atomic E-state index is 0.0623. The Morgan fingerprint density at radius 2 is 1.86 bits per heavy atom. The van der Waals surface area contributed by atoms with Gasteiger partial charge in [-0.25, -0.2) is 19.7 Å². The van der Waals surface area contributed by atoms with Crippen molar-refractivity contribution in [1.29, 1.82) is 0 Å². The van der Waals surface area contributed by atoms with E-state index in [2.05, 4.69) is 24.8 Å². The molecule has 1 atom stereocenters. The predicted molar refractivity (Wildman–Crippen MR) is 122 cm³/mol. The first-order valence-corrected chi connectivity index (χ1v) is 11.3. The van der Waals surface area contributed by atoms with Crippen molar-refractivity contribution in [3.8, 4) is 0 Å². The number of halogens is 3. The van der Waals surface area contributed by atoms with Gasteiger partial charge in [-0.1, -0.05) is 0 Å². The average molecular weight is 506 g/mol. The summed E-state index contributed by atoms with van der Waals surface area (Å²) in [6, 6.07) is 7.47. The van der Waals surface area contributed by atoms with Gasteiger partial charge >= 0.3 is 12.1 Å².